The van der Waals surface area contributed by atoms with Crippen LogP contribution in [0.15, 0.2) is 36.5 Å². The summed E-state index contributed by atoms with van der Waals surface area (Å²) in [4.78, 5) is 15.1. The van der Waals surface area contributed by atoms with Crippen molar-refractivity contribution in [3.8, 4) is 11.1 Å². The van der Waals surface area contributed by atoms with Gasteiger partial charge in [0.25, 0.3) is 0 Å². The van der Waals surface area contributed by atoms with E-state index in [1.165, 1.54) is 0 Å². The van der Waals surface area contributed by atoms with Gasteiger partial charge in [0.05, 0.1) is 0 Å². The van der Waals surface area contributed by atoms with Gasteiger partial charge in [-0.05, 0) is 43.2 Å². The van der Waals surface area contributed by atoms with Crippen LogP contribution >= 0.6 is 0 Å². The van der Waals surface area contributed by atoms with Crippen LogP contribution in [-0.4, -0.2) is 11.0 Å². The summed E-state index contributed by atoms with van der Waals surface area (Å²) in [7, 11) is 0. The van der Waals surface area contributed by atoms with Crippen LogP contribution in [0.5, 0.6) is 0 Å². The molecule has 92 valence electrons. The van der Waals surface area contributed by atoms with E-state index in [9.17, 15) is 4.79 Å². The topological polar surface area (TPSA) is 68.0 Å². The number of primary amides is 1. The Morgan fingerprint density at radius 2 is 2.00 bits per heavy atom. The summed E-state index contributed by atoms with van der Waals surface area (Å²) in [5, 5.41) is 2.57. The van der Waals surface area contributed by atoms with Gasteiger partial charge in [-0.2, -0.15) is 0 Å². The molecule has 1 heterocycles. The van der Waals surface area contributed by atoms with Gasteiger partial charge >= 0.3 is 6.03 Å². The molecule has 4 nitrogen and oxygen atoms in total. The van der Waals surface area contributed by atoms with E-state index in [2.05, 4.69) is 10.3 Å². The van der Waals surface area contributed by atoms with Gasteiger partial charge in [0, 0.05) is 23.1 Å². The lowest BCUT2D eigenvalue weighted by atomic mass is 10.0. The lowest BCUT2D eigenvalue weighted by molar-refractivity contribution is 0.259. The van der Waals surface area contributed by atoms with E-state index in [4.69, 9.17) is 5.73 Å². The zero-order chi connectivity index (χ0) is 13.1. The summed E-state index contributed by atoms with van der Waals surface area (Å²) >= 11 is 0. The van der Waals surface area contributed by atoms with Crippen LogP contribution in [0.2, 0.25) is 0 Å². The molecule has 0 saturated heterocycles. The fraction of sp³-hybridized carbons (Fsp3) is 0.143. The van der Waals surface area contributed by atoms with Gasteiger partial charge in [0.1, 0.15) is 0 Å². The molecule has 1 aromatic carbocycles. The average molecular weight is 241 g/mol. The molecule has 0 bridgehead atoms. The van der Waals surface area contributed by atoms with Gasteiger partial charge < -0.3 is 11.1 Å². The first-order valence-electron chi connectivity index (χ1n) is 5.66. The quantitative estimate of drug-likeness (QED) is 0.848. The van der Waals surface area contributed by atoms with Crippen LogP contribution < -0.4 is 11.1 Å². The Balaban J connectivity index is 2.42. The van der Waals surface area contributed by atoms with Gasteiger partial charge in [-0.1, -0.05) is 12.1 Å². The molecule has 0 fully saturated rings. The van der Waals surface area contributed by atoms with Gasteiger partial charge in [-0.25, -0.2) is 4.79 Å². The number of nitrogens with one attached hydrogen (secondary N) is 1. The predicted molar refractivity (Wildman–Crippen MR) is 72.4 cm³/mol. The summed E-state index contributed by atoms with van der Waals surface area (Å²) in [6.45, 7) is 3.96. The second-order valence-corrected chi connectivity index (χ2v) is 4.21. The van der Waals surface area contributed by atoms with Crippen molar-refractivity contribution < 1.29 is 4.79 Å². The summed E-state index contributed by atoms with van der Waals surface area (Å²) in [5.74, 6) is 0. The fourth-order valence-corrected chi connectivity index (χ4v) is 1.78. The van der Waals surface area contributed by atoms with E-state index in [0.29, 0.717) is 5.69 Å². The van der Waals surface area contributed by atoms with Crippen LogP contribution in [0.1, 0.15) is 11.3 Å². The number of nitrogens with two attached hydrogens (primary N) is 1. The second kappa shape index (κ2) is 4.87. The number of amides is 2. The smallest absolute Gasteiger partial charge is 0.316 e. The van der Waals surface area contributed by atoms with Crippen molar-refractivity contribution in [1.82, 2.24) is 4.98 Å². The van der Waals surface area contributed by atoms with E-state index < -0.39 is 6.03 Å². The zero-order valence-corrected chi connectivity index (χ0v) is 10.4. The largest absolute Gasteiger partial charge is 0.351 e. The van der Waals surface area contributed by atoms with Crippen LogP contribution in [0.3, 0.4) is 0 Å². The summed E-state index contributed by atoms with van der Waals surface area (Å²) < 4.78 is 0. The Kier molecular flexibility index (Phi) is 3.28. The SMILES string of the molecule is Cc1ccc(-c2cc(NC(N)=O)ccc2C)cn1. The number of nitrogens with zero attached hydrogens (tertiary/aromatic N) is 1. The van der Waals surface area contributed by atoms with E-state index in [0.717, 1.165) is 22.4 Å². The standard InChI is InChI=1S/C14H15N3O/c1-9-3-6-12(17-14(15)18)7-13(9)11-5-4-10(2)16-8-11/h3-8H,1-2H3,(H3,15,17,18). The lowest BCUT2D eigenvalue weighted by Gasteiger charge is -2.09. The number of aryl methyl sites for hydroxylation is 2. The van der Waals surface area contributed by atoms with Crippen LogP contribution in [0.4, 0.5) is 10.5 Å². The first kappa shape index (κ1) is 12.1. The van der Waals surface area contributed by atoms with E-state index in [1.54, 1.807) is 0 Å². The van der Waals surface area contributed by atoms with E-state index in [-0.39, 0.29) is 0 Å². The number of pyridine rings is 1. The molecule has 0 radical (unpaired) electrons. The molecular formula is C14H15N3O. The normalized spacial score (nSPS) is 10.1. The third kappa shape index (κ3) is 2.66. The van der Waals surface area contributed by atoms with Gasteiger partial charge in [0.15, 0.2) is 0 Å². The van der Waals surface area contributed by atoms with Crippen molar-refractivity contribution >= 4 is 11.7 Å². The Morgan fingerprint density at radius 1 is 1.22 bits per heavy atom. The highest BCUT2D eigenvalue weighted by Crippen LogP contribution is 2.26. The monoisotopic (exact) mass is 241 g/mol. The number of urea groups is 1. The minimum Gasteiger partial charge on any atom is -0.351 e. The van der Waals surface area contributed by atoms with Crippen molar-refractivity contribution in [1.29, 1.82) is 0 Å². The van der Waals surface area contributed by atoms with Gasteiger partial charge in [0.2, 0.25) is 0 Å². The predicted octanol–water partition coefficient (Wildman–Crippen LogP) is 2.86. The highest BCUT2D eigenvalue weighted by molar-refractivity contribution is 5.89. The molecule has 0 aliphatic carbocycles. The zero-order valence-electron chi connectivity index (χ0n) is 10.4. The van der Waals surface area contributed by atoms with Gasteiger partial charge in [-0.3, -0.25) is 4.98 Å². The van der Waals surface area contributed by atoms with Crippen LogP contribution in [0, 0.1) is 13.8 Å². The van der Waals surface area contributed by atoms with Crippen LogP contribution in [0.25, 0.3) is 11.1 Å². The minimum atomic E-state index is -0.563. The van der Waals surface area contributed by atoms with Gasteiger partial charge in [-0.15, -0.1) is 0 Å². The van der Waals surface area contributed by atoms with Crippen molar-refractivity contribution in [3.05, 3.63) is 47.8 Å². The molecule has 0 spiro atoms. The molecule has 0 saturated carbocycles. The molecule has 2 aromatic rings. The maximum Gasteiger partial charge on any atom is 0.316 e. The molecule has 4 heteroatoms. The van der Waals surface area contributed by atoms with Crippen molar-refractivity contribution in [2.45, 2.75) is 13.8 Å². The maximum atomic E-state index is 10.8. The Hall–Kier alpha value is -2.36. The van der Waals surface area contributed by atoms with Crippen LogP contribution in [-0.2, 0) is 0 Å². The number of aromatic nitrogens is 1. The third-order valence-electron chi connectivity index (χ3n) is 2.73. The molecule has 1 aromatic heterocycles. The summed E-state index contributed by atoms with van der Waals surface area (Å²) in [5.41, 5.74) is 9.94. The molecule has 0 atom stereocenters. The number of carbonyl (C=O) groups excluding carboxylic acids is 1. The highest BCUT2D eigenvalue weighted by atomic mass is 16.2. The first-order valence-corrected chi connectivity index (χ1v) is 5.66. The number of hydrogen-bond donors (Lipinski definition) is 2. The van der Waals surface area contributed by atoms with E-state index in [1.807, 2.05) is 50.4 Å². The second-order valence-electron chi connectivity index (χ2n) is 4.21. The number of hydrogen-bond acceptors (Lipinski definition) is 2. The highest BCUT2D eigenvalue weighted by Gasteiger charge is 2.05. The number of carbonyl (C=O) groups is 1. The Morgan fingerprint density at radius 3 is 2.61 bits per heavy atom. The number of rotatable bonds is 2. The fourth-order valence-electron chi connectivity index (χ4n) is 1.78. The number of anilines is 1. The summed E-state index contributed by atoms with van der Waals surface area (Å²) in [6.07, 6.45) is 1.83. The third-order valence-corrected chi connectivity index (χ3v) is 2.73. The molecule has 18 heavy (non-hydrogen) atoms. The Bertz CT molecular complexity index is 576. The Labute approximate surface area is 106 Å². The molecule has 2 rings (SSSR count). The van der Waals surface area contributed by atoms with Crippen molar-refractivity contribution in [2.75, 3.05) is 5.32 Å². The molecule has 0 unspecified atom stereocenters. The maximum absolute atomic E-state index is 10.8. The van der Waals surface area contributed by atoms with Crippen molar-refractivity contribution in [3.63, 3.8) is 0 Å². The molecule has 3 N–H and O–H groups in total. The minimum absolute atomic E-state index is 0.563. The number of benzene rings is 1. The first-order chi connectivity index (χ1) is 8.56. The van der Waals surface area contributed by atoms with Crippen molar-refractivity contribution in [2.24, 2.45) is 5.73 Å². The molecular weight excluding hydrogens is 226 g/mol. The lowest BCUT2D eigenvalue weighted by Crippen LogP contribution is -2.19. The van der Waals surface area contributed by atoms with E-state index >= 15 is 0 Å². The molecule has 0 aliphatic heterocycles. The summed E-state index contributed by atoms with van der Waals surface area (Å²) in [6, 6.07) is 9.08. The molecule has 0 aliphatic rings. The molecule has 2 amide bonds. The average Bonchev–Trinajstić information content (AvgIpc) is 2.32.